The van der Waals surface area contributed by atoms with Crippen LogP contribution in [-0.2, 0) is 4.74 Å². The number of hydrogen-bond donors (Lipinski definition) is 0. The Hall–Kier alpha value is -2.17. The van der Waals surface area contributed by atoms with Gasteiger partial charge in [-0.15, -0.1) is 0 Å². The van der Waals surface area contributed by atoms with Crippen LogP contribution in [0.15, 0.2) is 28.8 Å². The van der Waals surface area contributed by atoms with Crippen LogP contribution in [0.1, 0.15) is 23.1 Å². The molecule has 0 atom stereocenters. The summed E-state index contributed by atoms with van der Waals surface area (Å²) in [5.41, 5.74) is 1.68. The topological polar surface area (TPSA) is 65.2 Å². The van der Waals surface area contributed by atoms with Crippen LogP contribution in [0.25, 0.3) is 11.5 Å². The van der Waals surface area contributed by atoms with Gasteiger partial charge < -0.3 is 9.26 Å². The molecular formula is C12H12N2O3. The Balaban J connectivity index is 2.27. The van der Waals surface area contributed by atoms with Crippen LogP contribution in [-0.4, -0.2) is 22.7 Å². The van der Waals surface area contributed by atoms with Gasteiger partial charge in [0.2, 0.25) is 0 Å². The van der Waals surface area contributed by atoms with E-state index in [4.69, 9.17) is 9.26 Å². The summed E-state index contributed by atoms with van der Waals surface area (Å²) in [4.78, 5) is 15.7. The van der Waals surface area contributed by atoms with E-state index in [1.807, 2.05) is 19.1 Å². The van der Waals surface area contributed by atoms with Gasteiger partial charge in [-0.2, -0.15) is 0 Å². The highest BCUT2D eigenvalue weighted by Crippen LogP contribution is 2.18. The molecule has 0 spiro atoms. The lowest BCUT2D eigenvalue weighted by Crippen LogP contribution is -2.04. The van der Waals surface area contributed by atoms with Crippen molar-refractivity contribution in [3.05, 3.63) is 35.7 Å². The molecule has 5 heteroatoms. The Morgan fingerprint density at radius 2 is 2.29 bits per heavy atom. The molecule has 0 aromatic carbocycles. The van der Waals surface area contributed by atoms with Crippen molar-refractivity contribution >= 4 is 5.97 Å². The number of nitrogens with zero attached hydrogens (tertiary/aromatic N) is 2. The maximum Gasteiger partial charge on any atom is 0.360 e. The summed E-state index contributed by atoms with van der Waals surface area (Å²) >= 11 is 0. The van der Waals surface area contributed by atoms with E-state index in [1.54, 1.807) is 13.0 Å². The lowest BCUT2D eigenvalue weighted by Gasteiger charge is -1.95. The molecule has 2 aromatic heterocycles. The average molecular weight is 232 g/mol. The maximum absolute atomic E-state index is 11.4. The fourth-order valence-electron chi connectivity index (χ4n) is 1.38. The number of ether oxygens (including phenoxy) is 1. The summed E-state index contributed by atoms with van der Waals surface area (Å²) in [6, 6.07) is 7.07. The van der Waals surface area contributed by atoms with Crippen LogP contribution in [0.4, 0.5) is 0 Å². The van der Waals surface area contributed by atoms with Gasteiger partial charge in [-0.05, 0) is 26.0 Å². The van der Waals surface area contributed by atoms with Crippen molar-refractivity contribution in [1.29, 1.82) is 0 Å². The number of carbonyl (C=O) groups is 1. The Morgan fingerprint density at radius 1 is 1.47 bits per heavy atom. The quantitative estimate of drug-likeness (QED) is 0.759. The van der Waals surface area contributed by atoms with Crippen molar-refractivity contribution in [2.24, 2.45) is 0 Å². The highest BCUT2D eigenvalue weighted by atomic mass is 16.5. The first-order chi connectivity index (χ1) is 8.20. The summed E-state index contributed by atoms with van der Waals surface area (Å²) in [5.74, 6) is -0.0353. The van der Waals surface area contributed by atoms with Crippen molar-refractivity contribution in [3.8, 4) is 11.5 Å². The third-order valence-corrected chi connectivity index (χ3v) is 2.14. The summed E-state index contributed by atoms with van der Waals surface area (Å²) in [6.07, 6.45) is 0. The second-order valence-corrected chi connectivity index (χ2v) is 3.46. The fraction of sp³-hybridized carbons (Fsp3) is 0.250. The van der Waals surface area contributed by atoms with Crippen molar-refractivity contribution in [1.82, 2.24) is 10.1 Å². The van der Waals surface area contributed by atoms with Crippen LogP contribution in [0.3, 0.4) is 0 Å². The zero-order valence-corrected chi connectivity index (χ0v) is 9.64. The Morgan fingerprint density at radius 3 is 3.00 bits per heavy atom. The van der Waals surface area contributed by atoms with Crippen LogP contribution >= 0.6 is 0 Å². The average Bonchev–Trinajstić information content (AvgIpc) is 2.78. The molecule has 0 amide bonds. The first kappa shape index (κ1) is 11.3. The third-order valence-electron chi connectivity index (χ3n) is 2.14. The molecule has 0 fully saturated rings. The van der Waals surface area contributed by atoms with Crippen molar-refractivity contribution in [3.63, 3.8) is 0 Å². The summed E-state index contributed by atoms with van der Waals surface area (Å²) in [5, 5.41) is 3.65. The largest absolute Gasteiger partial charge is 0.461 e. The first-order valence-electron chi connectivity index (χ1n) is 5.28. The summed E-state index contributed by atoms with van der Waals surface area (Å²) in [7, 11) is 0. The summed E-state index contributed by atoms with van der Waals surface area (Å²) in [6.45, 7) is 3.93. The molecule has 2 aromatic rings. The predicted octanol–water partition coefficient (Wildman–Crippen LogP) is 2.22. The number of hydrogen-bond acceptors (Lipinski definition) is 5. The highest BCUT2D eigenvalue weighted by Gasteiger charge is 2.14. The van der Waals surface area contributed by atoms with Crippen molar-refractivity contribution in [2.45, 2.75) is 13.8 Å². The molecule has 2 heterocycles. The van der Waals surface area contributed by atoms with E-state index in [0.717, 1.165) is 5.69 Å². The number of aromatic nitrogens is 2. The standard InChI is InChI=1S/C12H12N2O3/c1-3-16-12(15)10-7-11(17-14-10)9-6-4-5-8(2)13-9/h4-7H,3H2,1-2H3. The zero-order valence-electron chi connectivity index (χ0n) is 9.64. The molecule has 0 bridgehead atoms. The van der Waals surface area contributed by atoms with E-state index < -0.39 is 5.97 Å². The second-order valence-electron chi connectivity index (χ2n) is 3.46. The van der Waals surface area contributed by atoms with Crippen molar-refractivity contribution < 1.29 is 14.1 Å². The molecule has 0 radical (unpaired) electrons. The van der Waals surface area contributed by atoms with E-state index in [-0.39, 0.29) is 5.69 Å². The second kappa shape index (κ2) is 4.78. The molecule has 5 nitrogen and oxygen atoms in total. The van der Waals surface area contributed by atoms with Gasteiger partial charge in [-0.25, -0.2) is 9.78 Å². The Labute approximate surface area is 98.4 Å². The van der Waals surface area contributed by atoms with E-state index in [2.05, 4.69) is 10.1 Å². The van der Waals surface area contributed by atoms with Gasteiger partial charge in [0.05, 0.1) is 6.61 Å². The number of rotatable bonds is 3. The molecule has 0 saturated carbocycles. The van der Waals surface area contributed by atoms with Gasteiger partial charge in [0.15, 0.2) is 11.5 Å². The number of aryl methyl sites for hydroxylation is 1. The molecule has 0 aliphatic carbocycles. The van der Waals surface area contributed by atoms with Crippen molar-refractivity contribution in [2.75, 3.05) is 6.61 Å². The molecule has 17 heavy (non-hydrogen) atoms. The van der Waals surface area contributed by atoms with Gasteiger partial charge in [0.25, 0.3) is 0 Å². The molecule has 0 aliphatic rings. The Bertz CT molecular complexity index is 534. The first-order valence-corrected chi connectivity index (χ1v) is 5.28. The molecule has 0 N–H and O–H groups in total. The highest BCUT2D eigenvalue weighted by molar-refractivity contribution is 5.88. The Kier molecular flexibility index (Phi) is 3.18. The third kappa shape index (κ3) is 2.50. The number of carbonyl (C=O) groups excluding carboxylic acids is 1. The lowest BCUT2D eigenvalue weighted by atomic mass is 10.2. The minimum atomic E-state index is -0.491. The molecule has 2 rings (SSSR count). The zero-order chi connectivity index (χ0) is 12.3. The van der Waals surface area contributed by atoms with Crippen LogP contribution in [0, 0.1) is 6.92 Å². The maximum atomic E-state index is 11.4. The fourth-order valence-corrected chi connectivity index (χ4v) is 1.38. The number of pyridine rings is 1. The van der Waals surface area contributed by atoms with Gasteiger partial charge in [0, 0.05) is 11.8 Å². The minimum Gasteiger partial charge on any atom is -0.461 e. The van der Waals surface area contributed by atoms with Gasteiger partial charge in [-0.3, -0.25) is 0 Å². The smallest absolute Gasteiger partial charge is 0.360 e. The van der Waals surface area contributed by atoms with Gasteiger partial charge >= 0.3 is 5.97 Å². The van der Waals surface area contributed by atoms with Gasteiger partial charge in [-0.1, -0.05) is 11.2 Å². The van der Waals surface area contributed by atoms with E-state index in [1.165, 1.54) is 6.07 Å². The van der Waals surface area contributed by atoms with Crippen LogP contribution in [0.5, 0.6) is 0 Å². The molecular weight excluding hydrogens is 220 g/mol. The van der Waals surface area contributed by atoms with Gasteiger partial charge in [0.1, 0.15) is 5.69 Å². The predicted molar refractivity (Wildman–Crippen MR) is 60.4 cm³/mol. The van der Waals surface area contributed by atoms with Crippen LogP contribution < -0.4 is 0 Å². The lowest BCUT2D eigenvalue weighted by molar-refractivity contribution is 0.0514. The van der Waals surface area contributed by atoms with E-state index >= 15 is 0 Å². The SMILES string of the molecule is CCOC(=O)c1cc(-c2cccc(C)n2)on1. The molecule has 0 unspecified atom stereocenters. The summed E-state index contributed by atoms with van der Waals surface area (Å²) < 4.78 is 9.88. The number of esters is 1. The molecule has 0 aliphatic heterocycles. The minimum absolute atomic E-state index is 0.158. The van der Waals surface area contributed by atoms with Crippen LogP contribution in [0.2, 0.25) is 0 Å². The monoisotopic (exact) mass is 232 g/mol. The normalized spacial score (nSPS) is 10.2. The van der Waals surface area contributed by atoms with E-state index in [9.17, 15) is 4.79 Å². The van der Waals surface area contributed by atoms with E-state index in [0.29, 0.717) is 18.1 Å². The molecule has 88 valence electrons. The molecule has 0 saturated heterocycles.